The third-order valence-electron chi connectivity index (χ3n) is 3.76. The van der Waals surface area contributed by atoms with Crippen molar-refractivity contribution in [2.45, 2.75) is 18.9 Å². The summed E-state index contributed by atoms with van der Waals surface area (Å²) in [6.07, 6.45) is 2.59. The normalized spacial score (nSPS) is 14.5. The Hall–Kier alpha value is -2.25. The first-order valence-corrected chi connectivity index (χ1v) is 7.72. The number of nitrogens with one attached hydrogen (secondary N) is 2. The fraction of sp³-hybridized carbons (Fsp3) is 0.294. The third-order valence-corrected chi connectivity index (χ3v) is 3.76. The van der Waals surface area contributed by atoms with E-state index in [4.69, 9.17) is 4.74 Å². The Balaban J connectivity index is 0.00000225. The van der Waals surface area contributed by atoms with Gasteiger partial charge >= 0.3 is 0 Å². The van der Waals surface area contributed by atoms with Crippen molar-refractivity contribution < 1.29 is 18.3 Å². The van der Waals surface area contributed by atoms with Crippen LogP contribution in [0.1, 0.15) is 23.2 Å². The molecule has 0 bridgehead atoms. The number of hydrogen-bond donors (Lipinski definition) is 2. The second kappa shape index (κ2) is 8.73. The van der Waals surface area contributed by atoms with Crippen LogP contribution in [0.5, 0.6) is 11.6 Å². The Morgan fingerprint density at radius 1 is 1.16 bits per heavy atom. The molecule has 0 saturated carbocycles. The maximum atomic E-state index is 13.5. The van der Waals surface area contributed by atoms with E-state index < -0.39 is 17.5 Å². The number of nitrogens with zero attached hydrogens (tertiary/aromatic N) is 1. The lowest BCUT2D eigenvalue weighted by atomic mass is 10.1. The number of halogens is 3. The lowest BCUT2D eigenvalue weighted by molar-refractivity contribution is 0.0926. The molecule has 0 radical (unpaired) electrons. The number of carbonyl (C=O) groups is 1. The fourth-order valence-electron chi connectivity index (χ4n) is 2.51. The zero-order valence-corrected chi connectivity index (χ0v) is 14.1. The Bertz CT molecular complexity index is 722. The van der Waals surface area contributed by atoms with Crippen LogP contribution in [0, 0.1) is 11.6 Å². The van der Waals surface area contributed by atoms with E-state index in [0.29, 0.717) is 5.75 Å². The van der Waals surface area contributed by atoms with Gasteiger partial charge in [0, 0.05) is 6.04 Å². The minimum absolute atomic E-state index is 0. The Labute approximate surface area is 150 Å². The van der Waals surface area contributed by atoms with Gasteiger partial charge in [0.2, 0.25) is 5.88 Å². The zero-order valence-electron chi connectivity index (χ0n) is 13.3. The first-order valence-electron chi connectivity index (χ1n) is 7.72. The highest BCUT2D eigenvalue weighted by molar-refractivity contribution is 5.96. The lowest BCUT2D eigenvalue weighted by Crippen LogP contribution is -2.42. The van der Waals surface area contributed by atoms with Gasteiger partial charge in [0.05, 0.1) is 6.20 Å². The average molecular weight is 370 g/mol. The summed E-state index contributed by atoms with van der Waals surface area (Å²) in [5.41, 5.74) is 0.0119. The summed E-state index contributed by atoms with van der Waals surface area (Å²) in [6.45, 7) is 1.65. The molecule has 0 atom stereocenters. The summed E-state index contributed by atoms with van der Waals surface area (Å²) in [5.74, 6) is -1.18. The molecule has 2 aromatic rings. The van der Waals surface area contributed by atoms with E-state index in [1.54, 1.807) is 0 Å². The van der Waals surface area contributed by atoms with Crippen LogP contribution >= 0.6 is 12.4 Å². The van der Waals surface area contributed by atoms with Gasteiger partial charge in [0.1, 0.15) is 22.9 Å². The molecule has 0 unspecified atom stereocenters. The minimum atomic E-state index is -0.628. The molecule has 2 N–H and O–H groups in total. The average Bonchev–Trinajstić information content (AvgIpc) is 2.59. The topological polar surface area (TPSA) is 63.2 Å². The van der Waals surface area contributed by atoms with E-state index in [2.05, 4.69) is 15.6 Å². The summed E-state index contributed by atoms with van der Waals surface area (Å²) < 4.78 is 32.0. The molecule has 2 heterocycles. The van der Waals surface area contributed by atoms with E-state index in [1.165, 1.54) is 24.3 Å². The SMILES string of the molecule is Cl.O=C(NC1CCNCC1)c1cc(F)cnc1Oc1ccc(F)cc1. The largest absolute Gasteiger partial charge is 0.438 e. The van der Waals surface area contributed by atoms with Crippen LogP contribution in [0.2, 0.25) is 0 Å². The summed E-state index contributed by atoms with van der Waals surface area (Å²) in [4.78, 5) is 16.3. The van der Waals surface area contributed by atoms with Crippen LogP contribution in [0.4, 0.5) is 8.78 Å². The van der Waals surface area contributed by atoms with Crippen molar-refractivity contribution >= 4 is 18.3 Å². The number of amides is 1. The molecule has 5 nitrogen and oxygen atoms in total. The maximum Gasteiger partial charge on any atom is 0.257 e. The number of hydrogen-bond acceptors (Lipinski definition) is 4. The van der Waals surface area contributed by atoms with Crippen molar-refractivity contribution in [2.24, 2.45) is 0 Å². The molecule has 1 aliphatic heterocycles. The van der Waals surface area contributed by atoms with Crippen molar-refractivity contribution in [3.05, 3.63) is 53.7 Å². The second-order valence-corrected chi connectivity index (χ2v) is 5.56. The number of pyridine rings is 1. The molecule has 8 heteroatoms. The maximum absolute atomic E-state index is 13.5. The predicted octanol–water partition coefficient (Wildman–Crippen LogP) is 3.06. The fourth-order valence-corrected chi connectivity index (χ4v) is 2.51. The van der Waals surface area contributed by atoms with Crippen LogP contribution in [0.3, 0.4) is 0 Å². The highest BCUT2D eigenvalue weighted by atomic mass is 35.5. The van der Waals surface area contributed by atoms with E-state index in [1.807, 2.05) is 0 Å². The lowest BCUT2D eigenvalue weighted by Gasteiger charge is -2.24. The van der Waals surface area contributed by atoms with E-state index in [0.717, 1.165) is 38.2 Å². The Morgan fingerprint density at radius 2 is 1.84 bits per heavy atom. The molecule has 3 rings (SSSR count). The van der Waals surface area contributed by atoms with Crippen molar-refractivity contribution in [1.29, 1.82) is 0 Å². The molecule has 134 valence electrons. The first-order chi connectivity index (χ1) is 11.6. The summed E-state index contributed by atoms with van der Waals surface area (Å²) >= 11 is 0. The molecule has 25 heavy (non-hydrogen) atoms. The summed E-state index contributed by atoms with van der Waals surface area (Å²) in [7, 11) is 0. The number of ether oxygens (including phenoxy) is 1. The zero-order chi connectivity index (χ0) is 16.9. The quantitative estimate of drug-likeness (QED) is 0.869. The number of aromatic nitrogens is 1. The van der Waals surface area contributed by atoms with Gasteiger partial charge in [-0.05, 0) is 56.3 Å². The molecule has 1 aliphatic rings. The van der Waals surface area contributed by atoms with Crippen molar-refractivity contribution in [3.8, 4) is 11.6 Å². The number of rotatable bonds is 4. The smallest absolute Gasteiger partial charge is 0.257 e. The molecule has 1 fully saturated rings. The van der Waals surface area contributed by atoms with Gasteiger partial charge in [-0.3, -0.25) is 4.79 Å². The molecule has 1 aromatic carbocycles. The Kier molecular flexibility index (Phi) is 6.66. The first kappa shape index (κ1) is 19.1. The van der Waals surface area contributed by atoms with Gasteiger partial charge in [-0.15, -0.1) is 12.4 Å². The summed E-state index contributed by atoms with van der Waals surface area (Å²) in [5, 5.41) is 6.08. The molecular weight excluding hydrogens is 352 g/mol. The van der Waals surface area contributed by atoms with Crippen LogP contribution in [0.25, 0.3) is 0 Å². The second-order valence-electron chi connectivity index (χ2n) is 5.56. The molecule has 0 spiro atoms. The van der Waals surface area contributed by atoms with Gasteiger partial charge in [0.25, 0.3) is 5.91 Å². The molecule has 1 aromatic heterocycles. The van der Waals surface area contributed by atoms with Gasteiger partial charge in [-0.1, -0.05) is 0 Å². The molecule has 0 aliphatic carbocycles. The van der Waals surface area contributed by atoms with Crippen LogP contribution < -0.4 is 15.4 Å². The van der Waals surface area contributed by atoms with E-state index in [9.17, 15) is 13.6 Å². The molecule has 1 amide bonds. The molecular formula is C17H18ClF2N3O2. The highest BCUT2D eigenvalue weighted by Gasteiger charge is 2.21. The number of carbonyl (C=O) groups excluding carboxylic acids is 1. The van der Waals surface area contributed by atoms with Crippen LogP contribution in [-0.2, 0) is 0 Å². The van der Waals surface area contributed by atoms with E-state index in [-0.39, 0.29) is 29.9 Å². The van der Waals surface area contributed by atoms with Gasteiger partial charge in [0.15, 0.2) is 0 Å². The predicted molar refractivity (Wildman–Crippen MR) is 91.3 cm³/mol. The monoisotopic (exact) mass is 369 g/mol. The number of benzene rings is 1. The van der Waals surface area contributed by atoms with Crippen molar-refractivity contribution in [2.75, 3.05) is 13.1 Å². The van der Waals surface area contributed by atoms with Gasteiger partial charge < -0.3 is 15.4 Å². The van der Waals surface area contributed by atoms with Crippen LogP contribution in [-0.4, -0.2) is 30.0 Å². The van der Waals surface area contributed by atoms with Crippen molar-refractivity contribution in [1.82, 2.24) is 15.6 Å². The van der Waals surface area contributed by atoms with Gasteiger partial charge in [-0.25, -0.2) is 13.8 Å². The number of piperidine rings is 1. The Morgan fingerprint density at radius 3 is 2.52 bits per heavy atom. The molecule has 1 saturated heterocycles. The van der Waals surface area contributed by atoms with Crippen LogP contribution in [0.15, 0.2) is 36.5 Å². The summed E-state index contributed by atoms with van der Waals surface area (Å²) in [6, 6.07) is 6.40. The van der Waals surface area contributed by atoms with E-state index >= 15 is 0 Å². The minimum Gasteiger partial charge on any atom is -0.438 e. The third kappa shape index (κ3) is 5.11. The highest BCUT2D eigenvalue weighted by Crippen LogP contribution is 2.24. The standard InChI is InChI=1S/C17H17F2N3O2.ClH/c18-11-1-3-14(4-2-11)24-17-15(9-12(19)10-21-17)16(23)22-13-5-7-20-8-6-13;/h1-4,9-10,13,20H,5-8H2,(H,22,23);1H. The van der Waals surface area contributed by atoms with Crippen molar-refractivity contribution in [3.63, 3.8) is 0 Å². The van der Waals surface area contributed by atoms with Gasteiger partial charge in [-0.2, -0.15) is 0 Å².